The maximum atomic E-state index is 13.7. The molecule has 2 aliphatic rings. The fourth-order valence-corrected chi connectivity index (χ4v) is 3.96. The van der Waals surface area contributed by atoms with Gasteiger partial charge in [0.15, 0.2) is 0 Å². The van der Waals surface area contributed by atoms with Gasteiger partial charge in [-0.15, -0.1) is 0 Å². The number of para-hydroxylation sites is 3. The van der Waals surface area contributed by atoms with Crippen LogP contribution in [-0.4, -0.2) is 15.5 Å². The van der Waals surface area contributed by atoms with E-state index >= 15 is 0 Å². The van der Waals surface area contributed by atoms with Gasteiger partial charge in [-0.25, -0.2) is 4.98 Å². The molecular formula is C22H18N2O2. The van der Waals surface area contributed by atoms with Crippen molar-refractivity contribution in [2.75, 3.05) is 0 Å². The van der Waals surface area contributed by atoms with Crippen molar-refractivity contribution >= 4 is 16.9 Å². The number of hydrogen-bond donors (Lipinski definition) is 0. The van der Waals surface area contributed by atoms with Crippen molar-refractivity contribution in [1.82, 2.24) is 9.55 Å². The summed E-state index contributed by atoms with van der Waals surface area (Å²) in [4.78, 5) is 18.3. The first-order valence-corrected chi connectivity index (χ1v) is 8.88. The number of carbonyl (C=O) groups excluding carboxylic acids is 1. The van der Waals surface area contributed by atoms with Crippen molar-refractivity contribution in [2.24, 2.45) is 0 Å². The van der Waals surface area contributed by atoms with Crippen molar-refractivity contribution < 1.29 is 9.53 Å². The molecule has 0 saturated heterocycles. The van der Waals surface area contributed by atoms with Crippen LogP contribution in [0.4, 0.5) is 0 Å². The van der Waals surface area contributed by atoms with Crippen LogP contribution < -0.4 is 4.74 Å². The van der Waals surface area contributed by atoms with E-state index in [4.69, 9.17) is 4.74 Å². The number of nitrogens with zero attached hydrogens (tertiary/aromatic N) is 2. The highest BCUT2D eigenvalue weighted by Gasteiger charge is 2.36. The molecule has 0 radical (unpaired) electrons. The molecule has 128 valence electrons. The topological polar surface area (TPSA) is 44.1 Å². The highest BCUT2D eigenvalue weighted by molar-refractivity contribution is 5.97. The van der Waals surface area contributed by atoms with E-state index in [-0.39, 0.29) is 11.8 Å². The predicted molar refractivity (Wildman–Crippen MR) is 100 cm³/mol. The molecule has 1 unspecified atom stereocenters. The van der Waals surface area contributed by atoms with Gasteiger partial charge in [0.1, 0.15) is 17.3 Å². The first kappa shape index (κ1) is 15.1. The molecule has 0 fully saturated rings. The smallest absolute Gasteiger partial charge is 0.244 e. The van der Waals surface area contributed by atoms with E-state index in [1.807, 2.05) is 61.5 Å². The number of ether oxygens (including phenoxy) is 1. The van der Waals surface area contributed by atoms with Gasteiger partial charge in [0.25, 0.3) is 0 Å². The third-order valence-corrected chi connectivity index (χ3v) is 5.13. The standard InChI is InChI=1S/C22H18N2O2/c1-14-23-17-10-4-5-11-18(17)24(14)22(25)21-15-8-2-6-12-19(15)26-20-13-7-3-9-16(20)21/h2-6,8-12,21H,7,13H2,1H3. The lowest BCUT2D eigenvalue weighted by molar-refractivity contribution is 0.0889. The average Bonchev–Trinajstić information content (AvgIpc) is 3.01. The van der Waals surface area contributed by atoms with Gasteiger partial charge in [0, 0.05) is 17.6 Å². The summed E-state index contributed by atoms with van der Waals surface area (Å²) in [5.74, 6) is 2.05. The van der Waals surface area contributed by atoms with E-state index in [2.05, 4.69) is 11.1 Å². The fraction of sp³-hybridized carbons (Fsp3) is 0.182. The molecule has 2 heterocycles. The number of imidazole rings is 1. The molecule has 0 N–H and O–H groups in total. The minimum atomic E-state index is -0.372. The fourth-order valence-electron chi connectivity index (χ4n) is 3.96. The number of rotatable bonds is 1. The number of benzene rings is 2. The Morgan fingerprint density at radius 3 is 2.88 bits per heavy atom. The van der Waals surface area contributed by atoms with E-state index < -0.39 is 0 Å². The Bertz CT molecular complexity index is 1100. The van der Waals surface area contributed by atoms with Crippen molar-refractivity contribution in [3.63, 3.8) is 0 Å². The zero-order chi connectivity index (χ0) is 17.7. The van der Waals surface area contributed by atoms with E-state index in [1.54, 1.807) is 4.57 Å². The van der Waals surface area contributed by atoms with Crippen LogP contribution in [0.2, 0.25) is 0 Å². The highest BCUT2D eigenvalue weighted by Crippen LogP contribution is 2.43. The van der Waals surface area contributed by atoms with Crippen LogP contribution in [0.15, 0.2) is 72.0 Å². The summed E-state index contributed by atoms with van der Waals surface area (Å²) in [5, 5.41) is 0. The van der Waals surface area contributed by atoms with E-state index in [0.29, 0.717) is 5.82 Å². The Morgan fingerprint density at radius 1 is 1.15 bits per heavy atom. The number of aromatic nitrogens is 2. The number of allylic oxidation sites excluding steroid dienone is 4. The van der Waals surface area contributed by atoms with Crippen molar-refractivity contribution in [2.45, 2.75) is 25.7 Å². The Hall–Kier alpha value is -3.14. The molecule has 1 aromatic heterocycles. The molecule has 0 amide bonds. The lowest BCUT2D eigenvalue weighted by atomic mass is 9.84. The lowest BCUT2D eigenvalue weighted by Gasteiger charge is -2.30. The van der Waals surface area contributed by atoms with Gasteiger partial charge in [-0.3, -0.25) is 9.36 Å². The summed E-state index contributed by atoms with van der Waals surface area (Å²) in [6, 6.07) is 15.6. The average molecular weight is 342 g/mol. The number of hydrogen-bond acceptors (Lipinski definition) is 3. The lowest BCUT2D eigenvalue weighted by Crippen LogP contribution is -2.27. The first-order valence-electron chi connectivity index (χ1n) is 8.88. The van der Waals surface area contributed by atoms with Gasteiger partial charge in [-0.1, -0.05) is 42.5 Å². The summed E-state index contributed by atoms with van der Waals surface area (Å²) in [5.41, 5.74) is 3.57. The van der Waals surface area contributed by atoms with Crippen LogP contribution in [-0.2, 0) is 0 Å². The summed E-state index contributed by atoms with van der Waals surface area (Å²) < 4.78 is 7.85. The largest absolute Gasteiger partial charge is 0.461 e. The summed E-state index contributed by atoms with van der Waals surface area (Å²) in [6.45, 7) is 1.88. The van der Waals surface area contributed by atoms with E-state index in [9.17, 15) is 4.79 Å². The highest BCUT2D eigenvalue weighted by atomic mass is 16.5. The SMILES string of the molecule is Cc1nc2ccccc2n1C(=O)C1C2=C(CCC=C2)Oc2ccccc21. The van der Waals surface area contributed by atoms with Crippen molar-refractivity contribution in [1.29, 1.82) is 0 Å². The van der Waals surface area contributed by atoms with Crippen LogP contribution >= 0.6 is 0 Å². The van der Waals surface area contributed by atoms with Crippen LogP contribution in [0.25, 0.3) is 11.0 Å². The Kier molecular flexibility index (Phi) is 3.32. The molecule has 0 spiro atoms. The summed E-state index contributed by atoms with van der Waals surface area (Å²) in [7, 11) is 0. The maximum absolute atomic E-state index is 13.7. The molecule has 1 aliphatic carbocycles. The number of carbonyl (C=O) groups is 1. The van der Waals surface area contributed by atoms with Crippen molar-refractivity contribution in [3.8, 4) is 5.75 Å². The van der Waals surface area contributed by atoms with Crippen LogP contribution in [0, 0.1) is 6.92 Å². The van der Waals surface area contributed by atoms with Gasteiger partial charge in [0.2, 0.25) is 5.91 Å². The first-order chi connectivity index (χ1) is 12.7. The Labute approximate surface area is 151 Å². The second-order valence-corrected chi connectivity index (χ2v) is 6.71. The Balaban J connectivity index is 1.72. The quantitative estimate of drug-likeness (QED) is 0.640. The van der Waals surface area contributed by atoms with Crippen LogP contribution in [0.5, 0.6) is 5.75 Å². The second-order valence-electron chi connectivity index (χ2n) is 6.71. The van der Waals surface area contributed by atoms with Gasteiger partial charge in [0.05, 0.1) is 17.0 Å². The van der Waals surface area contributed by atoms with Crippen LogP contribution in [0.1, 0.15) is 34.9 Å². The minimum Gasteiger partial charge on any atom is -0.461 e. The molecule has 0 saturated carbocycles. The van der Waals surface area contributed by atoms with E-state index in [0.717, 1.165) is 46.5 Å². The molecule has 4 nitrogen and oxygen atoms in total. The van der Waals surface area contributed by atoms with Crippen LogP contribution in [0.3, 0.4) is 0 Å². The monoisotopic (exact) mass is 342 g/mol. The van der Waals surface area contributed by atoms with E-state index in [1.165, 1.54) is 0 Å². The maximum Gasteiger partial charge on any atom is 0.244 e. The molecule has 0 bridgehead atoms. The van der Waals surface area contributed by atoms with Gasteiger partial charge >= 0.3 is 0 Å². The summed E-state index contributed by atoms with van der Waals surface area (Å²) in [6.07, 6.45) is 5.93. The second kappa shape index (κ2) is 5.70. The Morgan fingerprint density at radius 2 is 1.96 bits per heavy atom. The normalized spacial score (nSPS) is 18.4. The zero-order valence-electron chi connectivity index (χ0n) is 14.5. The molecular weight excluding hydrogens is 324 g/mol. The molecule has 3 aromatic rings. The summed E-state index contributed by atoms with van der Waals surface area (Å²) >= 11 is 0. The minimum absolute atomic E-state index is 0.0194. The predicted octanol–water partition coefficient (Wildman–Crippen LogP) is 4.77. The molecule has 5 rings (SSSR count). The van der Waals surface area contributed by atoms with Gasteiger partial charge < -0.3 is 4.74 Å². The molecule has 1 atom stereocenters. The zero-order valence-corrected chi connectivity index (χ0v) is 14.5. The molecule has 4 heteroatoms. The van der Waals surface area contributed by atoms with Crippen molar-refractivity contribution in [3.05, 3.63) is 83.4 Å². The molecule has 2 aromatic carbocycles. The number of fused-ring (bicyclic) bond motifs is 2. The third kappa shape index (κ3) is 2.15. The number of aryl methyl sites for hydroxylation is 1. The van der Waals surface area contributed by atoms with Gasteiger partial charge in [-0.2, -0.15) is 0 Å². The van der Waals surface area contributed by atoms with Gasteiger partial charge in [-0.05, 0) is 31.5 Å². The molecule has 26 heavy (non-hydrogen) atoms. The third-order valence-electron chi connectivity index (χ3n) is 5.13. The molecule has 1 aliphatic heterocycles.